The van der Waals surface area contributed by atoms with Gasteiger partial charge < -0.3 is 4.90 Å². The van der Waals surface area contributed by atoms with Gasteiger partial charge in [0.1, 0.15) is 19.2 Å². The fraction of sp³-hybridized carbons (Fsp3) is 0.182. The summed E-state index contributed by atoms with van der Waals surface area (Å²) in [6.45, 7) is 0.706. The molecule has 6 nitrogen and oxygen atoms in total. The molecular weight excluding hydrogens is 220 g/mol. The van der Waals surface area contributed by atoms with Crippen LogP contribution in [0.3, 0.4) is 0 Å². The van der Waals surface area contributed by atoms with Gasteiger partial charge in [-0.3, -0.25) is 9.59 Å². The molecule has 0 spiro atoms. The highest BCUT2D eigenvalue weighted by molar-refractivity contribution is 5.36. The molecule has 0 bridgehead atoms. The molecule has 3 rings (SSSR count). The summed E-state index contributed by atoms with van der Waals surface area (Å²) in [5.74, 6) is 0.752. The van der Waals surface area contributed by atoms with Gasteiger partial charge in [-0.1, -0.05) is 6.07 Å². The lowest BCUT2D eigenvalue weighted by atomic mass is 10.4. The highest BCUT2D eigenvalue weighted by Gasteiger charge is 2.20. The van der Waals surface area contributed by atoms with Crippen LogP contribution in [-0.2, 0) is 13.3 Å². The number of nitrogens with zero attached hydrogens (tertiary/aromatic N) is 4. The van der Waals surface area contributed by atoms with Crippen molar-refractivity contribution in [1.82, 2.24) is 14.3 Å². The van der Waals surface area contributed by atoms with Crippen LogP contribution in [-0.4, -0.2) is 14.3 Å². The van der Waals surface area contributed by atoms with Crippen molar-refractivity contribution < 1.29 is 0 Å². The number of aromatic nitrogens is 3. The largest absolute Gasteiger partial charge is 0.317 e. The van der Waals surface area contributed by atoms with Crippen LogP contribution in [0.25, 0.3) is 0 Å². The summed E-state index contributed by atoms with van der Waals surface area (Å²) in [4.78, 5) is 29.3. The van der Waals surface area contributed by atoms with Crippen LogP contribution in [0.4, 0.5) is 5.82 Å². The van der Waals surface area contributed by atoms with Crippen molar-refractivity contribution in [2.45, 2.75) is 13.3 Å². The van der Waals surface area contributed by atoms with Crippen molar-refractivity contribution in [3.05, 3.63) is 57.2 Å². The highest BCUT2D eigenvalue weighted by Crippen LogP contribution is 2.13. The predicted molar refractivity (Wildman–Crippen MR) is 61.7 cm³/mol. The van der Waals surface area contributed by atoms with Crippen molar-refractivity contribution in [1.29, 1.82) is 0 Å². The summed E-state index contributed by atoms with van der Waals surface area (Å²) in [6, 6.07) is 8.13. The van der Waals surface area contributed by atoms with Gasteiger partial charge in [0.15, 0.2) is 0 Å². The van der Waals surface area contributed by atoms with E-state index in [-0.39, 0.29) is 11.1 Å². The summed E-state index contributed by atoms with van der Waals surface area (Å²) >= 11 is 0. The van der Waals surface area contributed by atoms with Crippen LogP contribution in [0.2, 0.25) is 0 Å². The Kier molecular flexibility index (Phi) is 2.07. The maximum atomic E-state index is 11.6. The van der Waals surface area contributed by atoms with E-state index in [1.54, 1.807) is 6.20 Å². The van der Waals surface area contributed by atoms with Gasteiger partial charge in [-0.05, 0) is 12.1 Å². The van der Waals surface area contributed by atoms with Gasteiger partial charge in [0.25, 0.3) is 11.1 Å². The number of pyridine rings is 1. The normalized spacial score (nSPS) is 13.8. The zero-order valence-corrected chi connectivity index (χ0v) is 8.98. The van der Waals surface area contributed by atoms with Crippen molar-refractivity contribution in [2.24, 2.45) is 0 Å². The average molecular weight is 230 g/mol. The molecule has 86 valence electrons. The van der Waals surface area contributed by atoms with E-state index in [2.05, 4.69) is 4.98 Å². The zero-order valence-electron chi connectivity index (χ0n) is 8.98. The van der Waals surface area contributed by atoms with Crippen LogP contribution < -0.4 is 16.0 Å². The van der Waals surface area contributed by atoms with Gasteiger partial charge in [-0.2, -0.15) is 0 Å². The number of hydrogen-bond acceptors (Lipinski definition) is 4. The number of anilines is 1. The third-order valence-electron chi connectivity index (χ3n) is 2.75. The quantitative estimate of drug-likeness (QED) is 0.683. The Morgan fingerprint density at radius 3 is 2.12 bits per heavy atom. The first kappa shape index (κ1) is 9.83. The molecule has 0 radical (unpaired) electrons. The first-order chi connectivity index (χ1) is 8.25. The lowest BCUT2D eigenvalue weighted by molar-refractivity contribution is 0.548. The topological polar surface area (TPSA) is 60.1 Å². The van der Waals surface area contributed by atoms with Crippen molar-refractivity contribution in [3.63, 3.8) is 0 Å². The smallest absolute Gasteiger partial charge is 0.267 e. The monoisotopic (exact) mass is 230 g/mol. The molecule has 0 amide bonds. The SMILES string of the molecule is O=c1ccc(=O)n2n1CN(c1ccccn1)C2. The molecular formula is C11H10N4O2. The minimum absolute atomic E-state index is 0.178. The van der Waals surface area contributed by atoms with Gasteiger partial charge in [-0.15, -0.1) is 0 Å². The molecule has 0 fully saturated rings. The van der Waals surface area contributed by atoms with Crippen molar-refractivity contribution >= 4 is 5.82 Å². The third-order valence-corrected chi connectivity index (χ3v) is 2.75. The number of rotatable bonds is 1. The van der Waals surface area contributed by atoms with Crippen LogP contribution in [0.5, 0.6) is 0 Å². The van der Waals surface area contributed by atoms with Crippen molar-refractivity contribution in [3.8, 4) is 0 Å². The Labute approximate surface area is 96.3 Å². The second-order valence-electron chi connectivity index (χ2n) is 3.82. The van der Waals surface area contributed by atoms with Crippen LogP contribution in [0.15, 0.2) is 46.1 Å². The third kappa shape index (κ3) is 1.54. The summed E-state index contributed by atoms with van der Waals surface area (Å²) in [5, 5.41) is 0. The first-order valence-corrected chi connectivity index (χ1v) is 5.23. The lowest BCUT2D eigenvalue weighted by Crippen LogP contribution is -2.32. The average Bonchev–Trinajstić information content (AvgIpc) is 2.81. The second kappa shape index (κ2) is 3.58. The zero-order chi connectivity index (χ0) is 11.8. The van der Waals surface area contributed by atoms with E-state index in [4.69, 9.17) is 0 Å². The Balaban J connectivity index is 2.04. The molecule has 0 aliphatic carbocycles. The minimum Gasteiger partial charge on any atom is -0.317 e. The van der Waals surface area contributed by atoms with Crippen LogP contribution in [0.1, 0.15) is 0 Å². The minimum atomic E-state index is -0.178. The Hall–Kier alpha value is -2.37. The van der Waals surface area contributed by atoms with E-state index in [0.717, 1.165) is 5.82 Å². The fourth-order valence-corrected chi connectivity index (χ4v) is 1.90. The van der Waals surface area contributed by atoms with Gasteiger partial charge in [0, 0.05) is 18.3 Å². The van der Waals surface area contributed by atoms with Crippen molar-refractivity contribution in [2.75, 3.05) is 4.90 Å². The maximum Gasteiger partial charge on any atom is 0.267 e. The molecule has 0 saturated carbocycles. The van der Waals surface area contributed by atoms with Gasteiger partial charge >= 0.3 is 0 Å². The molecule has 2 aromatic heterocycles. The van der Waals surface area contributed by atoms with Gasteiger partial charge in [0.2, 0.25) is 0 Å². The van der Waals surface area contributed by atoms with E-state index < -0.39 is 0 Å². The van der Waals surface area contributed by atoms with Crippen LogP contribution >= 0.6 is 0 Å². The summed E-state index contributed by atoms with van der Waals surface area (Å²) in [6.07, 6.45) is 1.68. The molecule has 0 aromatic carbocycles. The molecule has 17 heavy (non-hydrogen) atoms. The summed E-state index contributed by atoms with van der Waals surface area (Å²) in [7, 11) is 0. The van der Waals surface area contributed by atoms with E-state index in [0.29, 0.717) is 13.3 Å². The predicted octanol–water partition coefficient (Wildman–Crippen LogP) is -0.160. The first-order valence-electron chi connectivity index (χ1n) is 5.23. The summed E-state index contributed by atoms with van der Waals surface area (Å²) < 4.78 is 2.83. The number of hydrogen-bond donors (Lipinski definition) is 0. The molecule has 3 heterocycles. The molecule has 0 N–H and O–H groups in total. The van der Waals surface area contributed by atoms with E-state index >= 15 is 0 Å². The molecule has 1 aliphatic rings. The maximum absolute atomic E-state index is 11.6. The molecule has 0 atom stereocenters. The summed E-state index contributed by atoms with van der Waals surface area (Å²) in [5.41, 5.74) is -0.355. The second-order valence-corrected chi connectivity index (χ2v) is 3.82. The Bertz CT molecular complexity index is 620. The van der Waals surface area contributed by atoms with Gasteiger partial charge in [0.05, 0.1) is 0 Å². The highest BCUT2D eigenvalue weighted by atomic mass is 16.2. The van der Waals surface area contributed by atoms with E-state index in [1.165, 1.54) is 21.5 Å². The van der Waals surface area contributed by atoms with E-state index in [9.17, 15) is 9.59 Å². The molecule has 0 saturated heterocycles. The molecule has 1 aliphatic heterocycles. The fourth-order valence-electron chi connectivity index (χ4n) is 1.90. The van der Waals surface area contributed by atoms with E-state index in [1.807, 2.05) is 23.1 Å². The molecule has 6 heteroatoms. The lowest BCUT2D eigenvalue weighted by Gasteiger charge is -2.13. The standard InChI is InChI=1S/C11H10N4O2/c16-10-4-5-11(17)15-8-13(7-14(10)15)9-3-1-2-6-12-9/h1-6H,7-8H2. The number of fused-ring (bicyclic) bond motifs is 1. The molecule has 0 unspecified atom stereocenters. The van der Waals surface area contributed by atoms with Crippen LogP contribution in [0, 0.1) is 0 Å². The Morgan fingerprint density at radius 2 is 1.59 bits per heavy atom. The molecule has 2 aromatic rings. The Morgan fingerprint density at radius 1 is 0.941 bits per heavy atom. The van der Waals surface area contributed by atoms with Gasteiger partial charge in [-0.25, -0.2) is 14.3 Å².